The van der Waals surface area contributed by atoms with E-state index in [-0.39, 0.29) is 0 Å². The number of likely N-dealkylation sites (tertiary alicyclic amines) is 1. The average molecular weight is 184 g/mol. The van der Waals surface area contributed by atoms with Crippen LogP contribution in [0.25, 0.3) is 0 Å². The van der Waals surface area contributed by atoms with Gasteiger partial charge in [0, 0.05) is 6.04 Å². The fraction of sp³-hybridized carbons (Fsp3) is 1.00. The van der Waals surface area contributed by atoms with Gasteiger partial charge in [-0.15, -0.1) is 0 Å². The first-order valence-corrected chi connectivity index (χ1v) is 5.77. The summed E-state index contributed by atoms with van der Waals surface area (Å²) in [5.41, 5.74) is 0. The van der Waals surface area contributed by atoms with Gasteiger partial charge in [-0.25, -0.2) is 0 Å². The molecule has 0 saturated carbocycles. The van der Waals surface area contributed by atoms with Crippen molar-refractivity contribution < 1.29 is 0 Å². The standard InChI is InChI=1S/C11H24N2/c1-3-9-13-10-5-7-11(13)6-4-8-12-2/h11-12H,3-10H2,1-2H3/t11-/m1/s1. The Bertz CT molecular complexity index is 125. The lowest BCUT2D eigenvalue weighted by Crippen LogP contribution is -2.30. The van der Waals surface area contributed by atoms with Crippen LogP contribution in [0.1, 0.15) is 39.0 Å². The molecule has 1 saturated heterocycles. The second-order valence-corrected chi connectivity index (χ2v) is 4.08. The van der Waals surface area contributed by atoms with Crippen LogP contribution in [-0.2, 0) is 0 Å². The molecule has 1 aliphatic rings. The minimum atomic E-state index is 0.897. The molecule has 0 unspecified atom stereocenters. The van der Waals surface area contributed by atoms with Gasteiger partial charge in [-0.1, -0.05) is 6.92 Å². The third-order valence-corrected chi connectivity index (χ3v) is 2.97. The predicted molar refractivity (Wildman–Crippen MR) is 58.0 cm³/mol. The molecule has 1 rings (SSSR count). The molecule has 1 N–H and O–H groups in total. The van der Waals surface area contributed by atoms with Crippen LogP contribution in [-0.4, -0.2) is 37.6 Å². The van der Waals surface area contributed by atoms with E-state index < -0.39 is 0 Å². The van der Waals surface area contributed by atoms with E-state index in [9.17, 15) is 0 Å². The first kappa shape index (κ1) is 11.0. The highest BCUT2D eigenvalue weighted by molar-refractivity contribution is 4.78. The molecule has 13 heavy (non-hydrogen) atoms. The van der Waals surface area contributed by atoms with Gasteiger partial charge in [0.15, 0.2) is 0 Å². The zero-order valence-electron chi connectivity index (χ0n) is 9.18. The van der Waals surface area contributed by atoms with E-state index in [2.05, 4.69) is 17.1 Å². The van der Waals surface area contributed by atoms with E-state index in [0.717, 1.165) is 6.04 Å². The first-order valence-electron chi connectivity index (χ1n) is 5.77. The number of nitrogens with zero attached hydrogens (tertiary/aromatic N) is 1. The lowest BCUT2D eigenvalue weighted by Gasteiger charge is -2.23. The van der Waals surface area contributed by atoms with Crippen LogP contribution in [0.4, 0.5) is 0 Å². The Labute approximate surface area is 82.7 Å². The molecule has 0 bridgehead atoms. The summed E-state index contributed by atoms with van der Waals surface area (Å²) in [5, 5.41) is 3.22. The normalized spacial score (nSPS) is 24.0. The fourth-order valence-corrected chi connectivity index (χ4v) is 2.32. The van der Waals surface area contributed by atoms with Crippen molar-refractivity contribution in [3.05, 3.63) is 0 Å². The fourth-order valence-electron chi connectivity index (χ4n) is 2.32. The highest BCUT2D eigenvalue weighted by Gasteiger charge is 2.22. The largest absolute Gasteiger partial charge is 0.320 e. The molecule has 0 aliphatic carbocycles. The van der Waals surface area contributed by atoms with Gasteiger partial charge in [-0.05, 0) is 58.8 Å². The van der Waals surface area contributed by atoms with Crippen LogP contribution in [0.5, 0.6) is 0 Å². The molecule has 1 fully saturated rings. The van der Waals surface area contributed by atoms with Crippen molar-refractivity contribution in [3.63, 3.8) is 0 Å². The lowest BCUT2D eigenvalue weighted by atomic mass is 10.1. The second-order valence-electron chi connectivity index (χ2n) is 4.08. The molecular weight excluding hydrogens is 160 g/mol. The van der Waals surface area contributed by atoms with Gasteiger partial charge < -0.3 is 10.2 Å². The summed E-state index contributed by atoms with van der Waals surface area (Å²) in [4.78, 5) is 2.68. The lowest BCUT2D eigenvalue weighted by molar-refractivity contribution is 0.240. The topological polar surface area (TPSA) is 15.3 Å². The van der Waals surface area contributed by atoms with E-state index in [0.29, 0.717) is 0 Å². The minimum absolute atomic E-state index is 0.897. The van der Waals surface area contributed by atoms with E-state index in [1.165, 1.54) is 51.7 Å². The number of hydrogen-bond donors (Lipinski definition) is 1. The molecule has 0 amide bonds. The van der Waals surface area contributed by atoms with Crippen LogP contribution in [0.15, 0.2) is 0 Å². The van der Waals surface area contributed by atoms with Crippen LogP contribution in [0, 0.1) is 0 Å². The third kappa shape index (κ3) is 3.65. The molecular formula is C11H24N2. The minimum Gasteiger partial charge on any atom is -0.320 e. The highest BCUT2D eigenvalue weighted by atomic mass is 15.2. The highest BCUT2D eigenvalue weighted by Crippen LogP contribution is 2.20. The summed E-state index contributed by atoms with van der Waals surface area (Å²) in [6, 6.07) is 0.897. The molecule has 1 heterocycles. The smallest absolute Gasteiger partial charge is 0.00962 e. The van der Waals surface area contributed by atoms with E-state index in [4.69, 9.17) is 0 Å². The SMILES string of the molecule is CCCN1CCC[C@H]1CCCNC. The van der Waals surface area contributed by atoms with Crippen molar-refractivity contribution in [1.82, 2.24) is 10.2 Å². The summed E-state index contributed by atoms with van der Waals surface area (Å²) in [6.45, 7) is 6.11. The van der Waals surface area contributed by atoms with Crippen LogP contribution in [0.2, 0.25) is 0 Å². The summed E-state index contributed by atoms with van der Waals surface area (Å²) < 4.78 is 0. The van der Waals surface area contributed by atoms with Gasteiger partial charge in [-0.2, -0.15) is 0 Å². The maximum atomic E-state index is 3.22. The number of nitrogens with one attached hydrogen (secondary N) is 1. The van der Waals surface area contributed by atoms with E-state index in [1.807, 2.05) is 7.05 Å². The van der Waals surface area contributed by atoms with Crippen molar-refractivity contribution in [2.45, 2.75) is 45.1 Å². The summed E-state index contributed by atoms with van der Waals surface area (Å²) >= 11 is 0. The maximum absolute atomic E-state index is 3.22. The van der Waals surface area contributed by atoms with Crippen molar-refractivity contribution in [2.24, 2.45) is 0 Å². The molecule has 2 nitrogen and oxygen atoms in total. The summed E-state index contributed by atoms with van der Waals surface area (Å²) in [5.74, 6) is 0. The Morgan fingerprint density at radius 1 is 1.46 bits per heavy atom. The zero-order chi connectivity index (χ0) is 9.52. The Balaban J connectivity index is 2.15. The zero-order valence-corrected chi connectivity index (χ0v) is 9.18. The predicted octanol–water partition coefficient (Wildman–Crippen LogP) is 1.86. The van der Waals surface area contributed by atoms with Gasteiger partial charge in [0.1, 0.15) is 0 Å². The number of rotatable bonds is 6. The van der Waals surface area contributed by atoms with Gasteiger partial charge in [0.25, 0.3) is 0 Å². The van der Waals surface area contributed by atoms with Crippen LogP contribution in [0.3, 0.4) is 0 Å². The molecule has 0 aromatic rings. The van der Waals surface area contributed by atoms with Crippen molar-refractivity contribution in [3.8, 4) is 0 Å². The molecule has 78 valence electrons. The summed E-state index contributed by atoms with van der Waals surface area (Å²) in [7, 11) is 2.04. The molecule has 0 radical (unpaired) electrons. The van der Waals surface area contributed by atoms with Gasteiger partial charge in [-0.3, -0.25) is 0 Å². The van der Waals surface area contributed by atoms with Crippen molar-refractivity contribution in [2.75, 3.05) is 26.7 Å². The first-order chi connectivity index (χ1) is 6.38. The monoisotopic (exact) mass is 184 g/mol. The molecule has 0 aromatic carbocycles. The van der Waals surface area contributed by atoms with Crippen LogP contribution < -0.4 is 5.32 Å². The van der Waals surface area contributed by atoms with E-state index in [1.54, 1.807) is 0 Å². The van der Waals surface area contributed by atoms with Gasteiger partial charge in [0.2, 0.25) is 0 Å². The second kappa shape index (κ2) is 6.39. The molecule has 2 heteroatoms. The van der Waals surface area contributed by atoms with Crippen LogP contribution >= 0.6 is 0 Å². The molecule has 0 spiro atoms. The Hall–Kier alpha value is -0.0800. The summed E-state index contributed by atoms with van der Waals surface area (Å²) in [6.07, 6.45) is 6.89. The average Bonchev–Trinajstić information content (AvgIpc) is 2.54. The van der Waals surface area contributed by atoms with E-state index >= 15 is 0 Å². The Morgan fingerprint density at radius 2 is 2.31 bits per heavy atom. The molecule has 1 atom stereocenters. The molecule has 0 aromatic heterocycles. The third-order valence-electron chi connectivity index (χ3n) is 2.97. The Morgan fingerprint density at radius 3 is 3.00 bits per heavy atom. The van der Waals surface area contributed by atoms with Crippen molar-refractivity contribution >= 4 is 0 Å². The number of hydrogen-bond acceptors (Lipinski definition) is 2. The maximum Gasteiger partial charge on any atom is 0.00962 e. The molecule has 1 aliphatic heterocycles. The van der Waals surface area contributed by atoms with Crippen molar-refractivity contribution in [1.29, 1.82) is 0 Å². The van der Waals surface area contributed by atoms with Gasteiger partial charge >= 0.3 is 0 Å². The van der Waals surface area contributed by atoms with Gasteiger partial charge in [0.05, 0.1) is 0 Å². The Kier molecular flexibility index (Phi) is 5.40. The quantitative estimate of drug-likeness (QED) is 0.634.